The van der Waals surface area contributed by atoms with E-state index in [-0.39, 0.29) is 28.7 Å². The second kappa shape index (κ2) is 7.37. The van der Waals surface area contributed by atoms with E-state index >= 15 is 0 Å². The standard InChI is InChI=1S/C18H16Cl2FN5O2/c1-18(8-26(2)17(28)15(22)25-18)11-6-10(3-4-13(11)21)24-16(27)14-12(20)5-9(19)7-23-14/h3-7H,8H2,1-2H3,(H2,22,25)(H,24,27). The van der Waals surface area contributed by atoms with Crippen LogP contribution in [0, 0.1) is 5.82 Å². The highest BCUT2D eigenvalue weighted by atomic mass is 35.5. The van der Waals surface area contributed by atoms with Gasteiger partial charge >= 0.3 is 0 Å². The Morgan fingerprint density at radius 3 is 2.71 bits per heavy atom. The lowest BCUT2D eigenvalue weighted by Gasteiger charge is -2.35. The Hall–Kier alpha value is -2.71. The number of benzene rings is 1. The maximum Gasteiger partial charge on any atom is 0.288 e. The molecule has 146 valence electrons. The predicted octanol–water partition coefficient (Wildman–Crippen LogP) is 2.82. The molecule has 0 saturated heterocycles. The molecular formula is C18H16Cl2FN5O2. The molecule has 1 aliphatic heterocycles. The van der Waals surface area contributed by atoms with Gasteiger partial charge in [-0.15, -0.1) is 0 Å². The van der Waals surface area contributed by atoms with Crippen LogP contribution in [0.15, 0.2) is 35.5 Å². The summed E-state index contributed by atoms with van der Waals surface area (Å²) in [5.41, 5.74) is 5.06. The fourth-order valence-corrected chi connectivity index (χ4v) is 3.48. The van der Waals surface area contributed by atoms with Crippen LogP contribution in [0.2, 0.25) is 10.0 Å². The summed E-state index contributed by atoms with van der Waals surface area (Å²) in [6.07, 6.45) is 1.30. The summed E-state index contributed by atoms with van der Waals surface area (Å²) < 4.78 is 14.5. The van der Waals surface area contributed by atoms with E-state index in [1.165, 1.54) is 35.4 Å². The summed E-state index contributed by atoms with van der Waals surface area (Å²) in [6, 6.07) is 5.44. The first-order valence-electron chi connectivity index (χ1n) is 8.14. The van der Waals surface area contributed by atoms with Gasteiger partial charge in [-0.05, 0) is 31.2 Å². The maximum atomic E-state index is 14.5. The SMILES string of the molecule is CN1CC(C)(c2cc(NC(=O)c3ncc(Cl)cc3Cl)ccc2F)N=C(N)C1=O. The molecule has 1 aromatic heterocycles. The van der Waals surface area contributed by atoms with Crippen LogP contribution in [0.3, 0.4) is 0 Å². The van der Waals surface area contributed by atoms with Crippen LogP contribution in [0.1, 0.15) is 23.0 Å². The summed E-state index contributed by atoms with van der Waals surface area (Å²) in [6.45, 7) is 1.79. The summed E-state index contributed by atoms with van der Waals surface area (Å²) in [5.74, 6) is -1.75. The Bertz CT molecular complexity index is 1010. The monoisotopic (exact) mass is 423 g/mol. The van der Waals surface area contributed by atoms with Gasteiger partial charge in [-0.3, -0.25) is 14.6 Å². The van der Waals surface area contributed by atoms with Gasteiger partial charge in [0.15, 0.2) is 5.84 Å². The zero-order chi connectivity index (χ0) is 20.6. The molecule has 7 nitrogen and oxygen atoms in total. The van der Waals surface area contributed by atoms with Crippen LogP contribution < -0.4 is 11.1 Å². The maximum absolute atomic E-state index is 14.5. The molecule has 2 amide bonds. The molecule has 1 aromatic carbocycles. The van der Waals surface area contributed by atoms with Crippen molar-refractivity contribution in [2.24, 2.45) is 10.7 Å². The first-order chi connectivity index (χ1) is 13.1. The number of aliphatic imine (C=N–C) groups is 1. The number of hydrogen-bond acceptors (Lipinski definition) is 5. The van der Waals surface area contributed by atoms with E-state index in [0.717, 1.165) is 0 Å². The number of likely N-dealkylation sites (N-methyl/N-ethyl adjacent to an activating group) is 1. The van der Waals surface area contributed by atoms with Gasteiger partial charge in [-0.1, -0.05) is 23.2 Å². The van der Waals surface area contributed by atoms with Gasteiger partial charge in [0.2, 0.25) is 0 Å². The quantitative estimate of drug-likeness (QED) is 0.792. The summed E-state index contributed by atoms with van der Waals surface area (Å²) in [4.78, 5) is 33.8. The molecule has 1 aliphatic rings. The van der Waals surface area contributed by atoms with Gasteiger partial charge < -0.3 is 16.0 Å². The largest absolute Gasteiger partial charge is 0.379 e. The van der Waals surface area contributed by atoms with Crippen LogP contribution in [-0.4, -0.2) is 41.1 Å². The number of aromatic nitrogens is 1. The number of rotatable bonds is 3. The molecule has 0 aliphatic carbocycles. The van der Waals surface area contributed by atoms with Crippen molar-refractivity contribution in [3.63, 3.8) is 0 Å². The molecular weight excluding hydrogens is 408 g/mol. The highest BCUT2D eigenvalue weighted by Gasteiger charge is 2.37. The van der Waals surface area contributed by atoms with Crippen molar-refractivity contribution in [2.45, 2.75) is 12.5 Å². The van der Waals surface area contributed by atoms with Crippen molar-refractivity contribution in [3.8, 4) is 0 Å². The lowest BCUT2D eigenvalue weighted by atomic mass is 9.89. The zero-order valence-electron chi connectivity index (χ0n) is 15.0. The molecule has 0 saturated carbocycles. The highest BCUT2D eigenvalue weighted by Crippen LogP contribution is 2.33. The molecule has 2 aromatic rings. The normalized spacial score (nSPS) is 19.4. The third-order valence-electron chi connectivity index (χ3n) is 4.31. The predicted molar refractivity (Wildman–Crippen MR) is 105 cm³/mol. The van der Waals surface area contributed by atoms with Crippen LogP contribution in [0.5, 0.6) is 0 Å². The third-order valence-corrected chi connectivity index (χ3v) is 4.80. The number of anilines is 1. The second-order valence-corrected chi connectivity index (χ2v) is 7.41. The Balaban J connectivity index is 1.94. The van der Waals surface area contributed by atoms with Crippen molar-refractivity contribution >= 4 is 46.5 Å². The fourth-order valence-electron chi connectivity index (χ4n) is 3.01. The minimum Gasteiger partial charge on any atom is -0.379 e. The first-order valence-corrected chi connectivity index (χ1v) is 8.89. The Morgan fingerprint density at radius 2 is 2.07 bits per heavy atom. The lowest BCUT2D eigenvalue weighted by Crippen LogP contribution is -2.50. The summed E-state index contributed by atoms with van der Waals surface area (Å²) >= 11 is 11.8. The number of halogens is 3. The van der Waals surface area contributed by atoms with E-state index in [4.69, 9.17) is 28.9 Å². The zero-order valence-corrected chi connectivity index (χ0v) is 16.5. The van der Waals surface area contributed by atoms with Crippen LogP contribution in [-0.2, 0) is 10.3 Å². The van der Waals surface area contributed by atoms with Crippen molar-refractivity contribution in [3.05, 3.63) is 57.6 Å². The van der Waals surface area contributed by atoms with Gasteiger partial charge in [0, 0.05) is 24.5 Å². The number of amidine groups is 1. The molecule has 0 radical (unpaired) electrons. The van der Waals surface area contributed by atoms with Crippen molar-refractivity contribution < 1.29 is 14.0 Å². The first kappa shape index (κ1) is 20.0. The third kappa shape index (κ3) is 3.79. The number of nitrogens with two attached hydrogens (primary N) is 1. The fraction of sp³-hybridized carbons (Fsp3) is 0.222. The van der Waals surface area contributed by atoms with E-state index in [1.54, 1.807) is 14.0 Å². The van der Waals surface area contributed by atoms with E-state index < -0.39 is 23.2 Å². The number of carbonyl (C=O) groups is 2. The Morgan fingerprint density at radius 1 is 1.36 bits per heavy atom. The van der Waals surface area contributed by atoms with E-state index in [0.29, 0.717) is 10.7 Å². The lowest BCUT2D eigenvalue weighted by molar-refractivity contribution is -0.124. The molecule has 10 heteroatoms. The van der Waals surface area contributed by atoms with Crippen LogP contribution in [0.4, 0.5) is 10.1 Å². The van der Waals surface area contributed by atoms with Crippen molar-refractivity contribution in [2.75, 3.05) is 18.9 Å². The molecule has 1 unspecified atom stereocenters. The molecule has 2 heterocycles. The number of carbonyl (C=O) groups excluding carboxylic acids is 2. The minimum atomic E-state index is -1.10. The van der Waals surface area contributed by atoms with Gasteiger partial charge in [0.1, 0.15) is 17.1 Å². The van der Waals surface area contributed by atoms with Crippen molar-refractivity contribution in [1.82, 2.24) is 9.88 Å². The molecule has 0 spiro atoms. The van der Waals surface area contributed by atoms with E-state index in [1.807, 2.05) is 0 Å². The average molecular weight is 424 g/mol. The average Bonchev–Trinajstić information content (AvgIpc) is 2.61. The van der Waals surface area contributed by atoms with Crippen molar-refractivity contribution in [1.29, 1.82) is 0 Å². The molecule has 0 bridgehead atoms. The number of amides is 2. The topological polar surface area (TPSA) is 101 Å². The van der Waals surface area contributed by atoms with Gasteiger partial charge in [-0.25, -0.2) is 9.37 Å². The highest BCUT2D eigenvalue weighted by molar-refractivity contribution is 6.37. The molecule has 1 atom stereocenters. The summed E-state index contributed by atoms with van der Waals surface area (Å²) in [7, 11) is 1.56. The number of nitrogens with one attached hydrogen (secondary N) is 1. The number of hydrogen-bond donors (Lipinski definition) is 2. The van der Waals surface area contributed by atoms with E-state index in [9.17, 15) is 14.0 Å². The number of nitrogens with zero attached hydrogens (tertiary/aromatic N) is 3. The number of pyridine rings is 1. The molecule has 28 heavy (non-hydrogen) atoms. The Labute approximate surface area is 170 Å². The van der Waals surface area contributed by atoms with Crippen LogP contribution >= 0.6 is 23.2 Å². The smallest absolute Gasteiger partial charge is 0.288 e. The minimum absolute atomic E-state index is 0.0200. The van der Waals surface area contributed by atoms with Gasteiger partial charge in [-0.2, -0.15) is 0 Å². The van der Waals surface area contributed by atoms with Gasteiger partial charge in [0.05, 0.1) is 16.6 Å². The second-order valence-electron chi connectivity index (χ2n) is 6.56. The van der Waals surface area contributed by atoms with E-state index in [2.05, 4.69) is 15.3 Å². The molecule has 0 fully saturated rings. The Kier molecular flexibility index (Phi) is 5.27. The summed E-state index contributed by atoms with van der Waals surface area (Å²) in [5, 5.41) is 3.00. The molecule has 3 rings (SSSR count). The van der Waals surface area contributed by atoms with Gasteiger partial charge in [0.25, 0.3) is 11.8 Å². The van der Waals surface area contributed by atoms with Crippen LogP contribution in [0.25, 0.3) is 0 Å². The molecule has 3 N–H and O–H groups in total.